The van der Waals surface area contributed by atoms with Gasteiger partial charge in [-0.25, -0.2) is 9.97 Å². The molecule has 0 bridgehead atoms. The normalized spacial score (nSPS) is 18.0. The van der Waals surface area contributed by atoms with Crippen LogP contribution >= 0.6 is 11.6 Å². The van der Waals surface area contributed by atoms with Gasteiger partial charge in [-0.05, 0) is 24.4 Å². The van der Waals surface area contributed by atoms with Gasteiger partial charge in [0.05, 0.1) is 0 Å². The summed E-state index contributed by atoms with van der Waals surface area (Å²) in [6.45, 7) is 1.43. The van der Waals surface area contributed by atoms with Crippen molar-refractivity contribution in [1.29, 1.82) is 0 Å². The van der Waals surface area contributed by atoms with Crippen LogP contribution in [0.2, 0.25) is 5.28 Å². The van der Waals surface area contributed by atoms with Gasteiger partial charge in [0.15, 0.2) is 5.69 Å². The van der Waals surface area contributed by atoms with E-state index < -0.39 is 11.9 Å². The van der Waals surface area contributed by atoms with Crippen molar-refractivity contribution in [3.05, 3.63) is 17.0 Å². The molecule has 1 saturated heterocycles. The zero-order valence-electron chi connectivity index (χ0n) is 10.4. The molecule has 1 fully saturated rings. The lowest BCUT2D eigenvalue weighted by atomic mass is 10.1. The van der Waals surface area contributed by atoms with Crippen molar-refractivity contribution >= 4 is 17.4 Å². The van der Waals surface area contributed by atoms with E-state index in [-0.39, 0.29) is 11.1 Å². The van der Waals surface area contributed by atoms with Gasteiger partial charge in [0, 0.05) is 19.2 Å². The van der Waals surface area contributed by atoms with E-state index >= 15 is 0 Å². The monoisotopic (exact) mass is 293 g/mol. The Morgan fingerprint density at radius 1 is 1.00 bits per heavy atom. The Morgan fingerprint density at radius 3 is 2.16 bits per heavy atom. The van der Waals surface area contributed by atoms with Crippen LogP contribution in [0, 0.1) is 0 Å². The third-order valence-corrected chi connectivity index (χ3v) is 3.32. The number of rotatable bonds is 1. The Balaban J connectivity index is 2.24. The Hall–Kier alpha value is -1.04. The van der Waals surface area contributed by atoms with E-state index in [1.807, 2.05) is 4.90 Å². The molecule has 0 amide bonds. The van der Waals surface area contributed by atoms with Crippen LogP contribution in [0.15, 0.2) is 6.07 Å². The van der Waals surface area contributed by atoms with Crippen LogP contribution in [0.1, 0.15) is 37.8 Å². The Bertz CT molecular complexity index is 429. The fourth-order valence-corrected chi connectivity index (χ4v) is 2.37. The molecule has 0 aromatic carbocycles. The summed E-state index contributed by atoms with van der Waals surface area (Å²) >= 11 is 5.60. The third-order valence-electron chi connectivity index (χ3n) is 3.16. The standard InChI is InChI=1S/C12H15ClF3N3/c13-11-17-9(12(14,15)16)8-10(18-11)19-6-4-2-1-3-5-7-19/h8H,1-7H2. The molecule has 3 nitrogen and oxygen atoms in total. The van der Waals surface area contributed by atoms with Crippen LogP contribution in [0.5, 0.6) is 0 Å². The van der Waals surface area contributed by atoms with Gasteiger partial charge in [-0.3, -0.25) is 0 Å². The summed E-state index contributed by atoms with van der Waals surface area (Å²) in [6.07, 6.45) is 0.811. The van der Waals surface area contributed by atoms with E-state index in [1.54, 1.807) is 0 Å². The van der Waals surface area contributed by atoms with Gasteiger partial charge >= 0.3 is 6.18 Å². The first-order chi connectivity index (χ1) is 8.97. The fraction of sp³-hybridized carbons (Fsp3) is 0.667. The van der Waals surface area contributed by atoms with E-state index in [1.165, 1.54) is 6.42 Å². The molecule has 0 aliphatic carbocycles. The van der Waals surface area contributed by atoms with Crippen molar-refractivity contribution < 1.29 is 13.2 Å². The minimum absolute atomic E-state index is 0.272. The summed E-state index contributed by atoms with van der Waals surface area (Å²) in [5.41, 5.74) is -0.982. The van der Waals surface area contributed by atoms with Crippen molar-refractivity contribution in [2.45, 2.75) is 38.3 Å². The number of hydrogen-bond acceptors (Lipinski definition) is 3. The molecule has 1 aliphatic heterocycles. The van der Waals surface area contributed by atoms with Gasteiger partial charge in [-0.1, -0.05) is 19.3 Å². The van der Waals surface area contributed by atoms with Crippen LogP contribution in [-0.4, -0.2) is 23.1 Å². The summed E-state index contributed by atoms with van der Waals surface area (Å²) in [7, 11) is 0. The van der Waals surface area contributed by atoms with Crippen molar-refractivity contribution in [2.24, 2.45) is 0 Å². The molecular weight excluding hydrogens is 279 g/mol. The third kappa shape index (κ3) is 3.96. The molecule has 0 unspecified atom stereocenters. The quantitative estimate of drug-likeness (QED) is 0.735. The van der Waals surface area contributed by atoms with E-state index in [9.17, 15) is 13.2 Å². The largest absolute Gasteiger partial charge is 0.433 e. The Kier molecular flexibility index (Phi) is 4.50. The molecule has 2 heterocycles. The smallest absolute Gasteiger partial charge is 0.356 e. The van der Waals surface area contributed by atoms with Crippen LogP contribution < -0.4 is 4.90 Å². The molecule has 0 N–H and O–H groups in total. The van der Waals surface area contributed by atoms with Crippen molar-refractivity contribution in [3.63, 3.8) is 0 Å². The van der Waals surface area contributed by atoms with Crippen molar-refractivity contribution in [2.75, 3.05) is 18.0 Å². The molecule has 0 spiro atoms. The molecule has 2 rings (SSSR count). The average molecular weight is 294 g/mol. The second kappa shape index (κ2) is 5.94. The highest BCUT2D eigenvalue weighted by atomic mass is 35.5. The van der Waals surface area contributed by atoms with Crippen LogP contribution in [0.25, 0.3) is 0 Å². The SMILES string of the molecule is FC(F)(F)c1cc(N2CCCCCCC2)nc(Cl)n1. The molecule has 0 saturated carbocycles. The van der Waals surface area contributed by atoms with Crippen molar-refractivity contribution in [3.8, 4) is 0 Å². The van der Waals surface area contributed by atoms with Gasteiger partial charge in [0.1, 0.15) is 5.82 Å². The summed E-state index contributed by atoms with van der Waals surface area (Å²) in [5, 5.41) is -0.355. The molecule has 1 aromatic heterocycles. The van der Waals surface area contributed by atoms with Crippen LogP contribution in [-0.2, 0) is 6.18 Å². The highest BCUT2D eigenvalue weighted by Gasteiger charge is 2.34. The lowest BCUT2D eigenvalue weighted by Crippen LogP contribution is -2.28. The molecule has 7 heteroatoms. The number of alkyl halides is 3. The average Bonchev–Trinajstić information content (AvgIpc) is 2.26. The van der Waals surface area contributed by atoms with Crippen LogP contribution in [0.3, 0.4) is 0 Å². The van der Waals surface area contributed by atoms with E-state index in [4.69, 9.17) is 11.6 Å². The van der Waals surface area contributed by atoms with E-state index in [2.05, 4.69) is 9.97 Å². The zero-order valence-corrected chi connectivity index (χ0v) is 11.1. The molecule has 1 aromatic rings. The Labute approximate surface area is 114 Å². The summed E-state index contributed by atoms with van der Waals surface area (Å²) in [4.78, 5) is 9.03. The molecule has 106 valence electrons. The molecule has 1 aliphatic rings. The number of nitrogens with zero attached hydrogens (tertiary/aromatic N) is 3. The van der Waals surface area contributed by atoms with Gasteiger partial charge in [-0.2, -0.15) is 13.2 Å². The maximum Gasteiger partial charge on any atom is 0.433 e. The molecule has 0 radical (unpaired) electrons. The fourth-order valence-electron chi connectivity index (χ4n) is 2.19. The maximum absolute atomic E-state index is 12.7. The number of aromatic nitrogens is 2. The second-order valence-electron chi connectivity index (χ2n) is 4.63. The van der Waals surface area contributed by atoms with Crippen molar-refractivity contribution in [1.82, 2.24) is 9.97 Å². The molecular formula is C12H15ClF3N3. The summed E-state index contributed by atoms with van der Waals surface area (Å²) < 4.78 is 38.1. The van der Waals surface area contributed by atoms with Gasteiger partial charge in [-0.15, -0.1) is 0 Å². The molecule has 0 atom stereocenters. The second-order valence-corrected chi connectivity index (χ2v) is 4.97. The van der Waals surface area contributed by atoms with Crippen LogP contribution in [0.4, 0.5) is 19.0 Å². The van der Waals surface area contributed by atoms with Gasteiger partial charge in [0.25, 0.3) is 0 Å². The first kappa shape index (κ1) is 14.4. The number of hydrogen-bond donors (Lipinski definition) is 0. The minimum atomic E-state index is -4.50. The predicted molar refractivity (Wildman–Crippen MR) is 67.3 cm³/mol. The van der Waals surface area contributed by atoms with Gasteiger partial charge < -0.3 is 4.90 Å². The highest BCUT2D eigenvalue weighted by molar-refractivity contribution is 6.28. The lowest BCUT2D eigenvalue weighted by molar-refractivity contribution is -0.141. The predicted octanol–water partition coefficient (Wildman–Crippen LogP) is 3.92. The topological polar surface area (TPSA) is 29.0 Å². The summed E-state index contributed by atoms with van der Waals surface area (Å²) in [6, 6.07) is 0.980. The van der Waals surface area contributed by atoms with E-state index in [0.29, 0.717) is 13.1 Å². The number of halogens is 4. The molecule has 19 heavy (non-hydrogen) atoms. The lowest BCUT2D eigenvalue weighted by Gasteiger charge is -2.26. The highest BCUT2D eigenvalue weighted by Crippen LogP contribution is 2.31. The maximum atomic E-state index is 12.7. The number of anilines is 1. The first-order valence-electron chi connectivity index (χ1n) is 6.33. The Morgan fingerprint density at radius 2 is 1.58 bits per heavy atom. The minimum Gasteiger partial charge on any atom is -0.356 e. The first-order valence-corrected chi connectivity index (χ1v) is 6.71. The van der Waals surface area contributed by atoms with Gasteiger partial charge in [0.2, 0.25) is 5.28 Å². The summed E-state index contributed by atoms with van der Waals surface area (Å²) in [5.74, 6) is 0.272. The zero-order chi connectivity index (χ0) is 13.9. The van der Waals surface area contributed by atoms with E-state index in [0.717, 1.165) is 31.7 Å².